The van der Waals surface area contributed by atoms with Gasteiger partial charge in [-0.25, -0.2) is 9.02 Å². The van der Waals surface area contributed by atoms with Gasteiger partial charge in [-0.2, -0.15) is 0 Å². The van der Waals surface area contributed by atoms with Crippen LogP contribution in [0.25, 0.3) is 0 Å². The maximum Gasteiger partial charge on any atom is 0.170 e. The molecule has 1 aromatic heterocycles. The van der Waals surface area contributed by atoms with Gasteiger partial charge in [0, 0.05) is 44.9 Å². The smallest absolute Gasteiger partial charge is 0.170 e. The molecule has 0 spiro atoms. The predicted octanol–water partition coefficient (Wildman–Crippen LogP) is 2.58. The van der Waals surface area contributed by atoms with Crippen LogP contribution in [0.1, 0.15) is 11.3 Å². The summed E-state index contributed by atoms with van der Waals surface area (Å²) < 4.78 is 18.5. The lowest BCUT2D eigenvalue weighted by molar-refractivity contribution is 0.255. The summed E-state index contributed by atoms with van der Waals surface area (Å²) in [5.41, 5.74) is 1.60. The van der Waals surface area contributed by atoms with Crippen LogP contribution in [0.4, 0.5) is 4.39 Å². The maximum absolute atomic E-state index is 13.3. The normalized spacial score (nSPS) is 15.4. The first-order valence-corrected chi connectivity index (χ1v) is 9.81. The van der Waals surface area contributed by atoms with Gasteiger partial charge >= 0.3 is 0 Å². The molecule has 1 aliphatic rings. The van der Waals surface area contributed by atoms with E-state index in [1.807, 2.05) is 0 Å². The van der Waals surface area contributed by atoms with Crippen molar-refractivity contribution in [3.05, 3.63) is 39.7 Å². The molecule has 1 fully saturated rings. The molecular weight excluding hydrogens is 409 g/mol. The molecule has 25 heavy (non-hydrogen) atoms. The van der Waals surface area contributed by atoms with Crippen molar-refractivity contribution in [2.45, 2.75) is 11.4 Å². The fraction of sp³-hybridized carbons (Fsp3) is 0.438. The van der Waals surface area contributed by atoms with Gasteiger partial charge in [-0.15, -0.1) is 0 Å². The lowest BCUT2D eigenvalue weighted by Gasteiger charge is -2.26. The SMILES string of the molecule is N=C(Cc1ccc(F)c(Br)c1)c1nonc1SCCN1CCNCC1. The van der Waals surface area contributed by atoms with E-state index >= 15 is 0 Å². The summed E-state index contributed by atoms with van der Waals surface area (Å²) in [4.78, 5) is 2.40. The molecular formula is C16H19BrFN5OS. The molecule has 2 N–H and O–H groups in total. The molecule has 2 aromatic rings. The standard InChI is InChI=1S/C16H19BrFN5OS/c17-12-9-11(1-2-13(12)18)10-14(19)15-16(22-24-21-15)25-8-7-23-5-3-20-4-6-23/h1-2,9,19-20H,3-8,10H2. The monoisotopic (exact) mass is 427 g/mol. The Bertz CT molecular complexity index is 735. The van der Waals surface area contributed by atoms with Crippen LogP contribution in [0.5, 0.6) is 0 Å². The molecule has 134 valence electrons. The van der Waals surface area contributed by atoms with E-state index in [1.54, 1.807) is 23.9 Å². The molecule has 6 nitrogen and oxygen atoms in total. The first-order valence-electron chi connectivity index (χ1n) is 8.03. The Morgan fingerprint density at radius 1 is 1.36 bits per heavy atom. The fourth-order valence-electron chi connectivity index (χ4n) is 2.60. The zero-order valence-corrected chi connectivity index (χ0v) is 16.0. The highest BCUT2D eigenvalue weighted by Crippen LogP contribution is 2.22. The summed E-state index contributed by atoms with van der Waals surface area (Å²) in [5.74, 6) is 0.555. The van der Waals surface area contributed by atoms with Gasteiger partial charge in [-0.05, 0) is 43.9 Å². The van der Waals surface area contributed by atoms with Crippen molar-refractivity contribution in [2.75, 3.05) is 38.5 Å². The number of benzene rings is 1. The van der Waals surface area contributed by atoms with Crippen molar-refractivity contribution >= 4 is 33.4 Å². The van der Waals surface area contributed by atoms with Gasteiger partial charge in [0.25, 0.3) is 0 Å². The summed E-state index contributed by atoms with van der Waals surface area (Å²) in [5, 5.41) is 20.1. The number of piperazine rings is 1. The maximum atomic E-state index is 13.3. The minimum Gasteiger partial charge on any atom is -0.314 e. The molecule has 1 aliphatic heterocycles. The van der Waals surface area contributed by atoms with Crippen molar-refractivity contribution in [1.82, 2.24) is 20.5 Å². The van der Waals surface area contributed by atoms with E-state index in [-0.39, 0.29) is 5.82 Å². The molecule has 1 saturated heterocycles. The minimum absolute atomic E-state index is 0.310. The van der Waals surface area contributed by atoms with E-state index in [2.05, 4.69) is 36.5 Å². The molecule has 3 rings (SSSR count). The van der Waals surface area contributed by atoms with E-state index in [9.17, 15) is 4.39 Å². The average molecular weight is 428 g/mol. The van der Waals surface area contributed by atoms with Crippen molar-refractivity contribution in [2.24, 2.45) is 0 Å². The Kier molecular flexibility index (Phi) is 6.57. The number of thioether (sulfide) groups is 1. The van der Waals surface area contributed by atoms with Gasteiger partial charge in [0.2, 0.25) is 0 Å². The van der Waals surface area contributed by atoms with Crippen LogP contribution in [0.15, 0.2) is 32.3 Å². The number of nitrogens with one attached hydrogen (secondary N) is 2. The van der Waals surface area contributed by atoms with Crippen molar-refractivity contribution in [3.8, 4) is 0 Å². The number of halogens is 2. The van der Waals surface area contributed by atoms with Crippen LogP contribution in [0.3, 0.4) is 0 Å². The lowest BCUT2D eigenvalue weighted by Crippen LogP contribution is -2.44. The number of nitrogens with zero attached hydrogens (tertiary/aromatic N) is 3. The number of hydrogen-bond acceptors (Lipinski definition) is 7. The summed E-state index contributed by atoms with van der Waals surface area (Å²) in [6.07, 6.45) is 0.346. The largest absolute Gasteiger partial charge is 0.314 e. The van der Waals surface area contributed by atoms with Crippen LogP contribution in [0, 0.1) is 11.2 Å². The van der Waals surface area contributed by atoms with E-state index in [0.717, 1.165) is 44.0 Å². The van der Waals surface area contributed by atoms with E-state index in [0.29, 0.717) is 27.3 Å². The Morgan fingerprint density at radius 2 is 2.16 bits per heavy atom. The predicted molar refractivity (Wildman–Crippen MR) is 99.0 cm³/mol. The second kappa shape index (κ2) is 8.88. The Labute approximate surface area is 158 Å². The van der Waals surface area contributed by atoms with E-state index in [4.69, 9.17) is 10.0 Å². The third kappa shape index (κ3) is 5.10. The summed E-state index contributed by atoms with van der Waals surface area (Å²) in [6, 6.07) is 4.73. The first kappa shape index (κ1) is 18.5. The molecule has 0 saturated carbocycles. The zero-order chi connectivity index (χ0) is 17.6. The molecule has 1 aromatic carbocycles. The average Bonchev–Trinajstić information content (AvgIpc) is 3.08. The second-order valence-corrected chi connectivity index (χ2v) is 7.70. The van der Waals surface area contributed by atoms with Crippen molar-refractivity contribution < 1.29 is 9.02 Å². The van der Waals surface area contributed by atoms with Crippen LogP contribution in [-0.2, 0) is 6.42 Å². The topological polar surface area (TPSA) is 78.0 Å². The van der Waals surface area contributed by atoms with Crippen molar-refractivity contribution in [1.29, 1.82) is 5.41 Å². The lowest BCUT2D eigenvalue weighted by atomic mass is 10.1. The third-order valence-corrected chi connectivity index (χ3v) is 5.50. The Hall–Kier alpha value is -1.29. The number of hydrogen-bond donors (Lipinski definition) is 2. The molecule has 0 unspecified atom stereocenters. The first-order chi connectivity index (χ1) is 12.1. The molecule has 0 amide bonds. The summed E-state index contributed by atoms with van der Waals surface area (Å²) in [7, 11) is 0. The highest BCUT2D eigenvalue weighted by atomic mass is 79.9. The van der Waals surface area contributed by atoms with Gasteiger partial charge in [-0.1, -0.05) is 17.8 Å². The molecule has 0 bridgehead atoms. The van der Waals surface area contributed by atoms with Gasteiger partial charge in [-0.3, -0.25) is 4.90 Å². The Balaban J connectivity index is 1.56. The molecule has 9 heteroatoms. The van der Waals surface area contributed by atoms with Crippen LogP contribution in [0.2, 0.25) is 0 Å². The molecule has 0 radical (unpaired) electrons. The Morgan fingerprint density at radius 3 is 2.92 bits per heavy atom. The third-order valence-electron chi connectivity index (χ3n) is 3.97. The van der Waals surface area contributed by atoms with Gasteiger partial charge in [0.05, 0.1) is 10.2 Å². The second-order valence-electron chi connectivity index (χ2n) is 5.76. The summed E-state index contributed by atoms with van der Waals surface area (Å²) >= 11 is 4.72. The van der Waals surface area contributed by atoms with E-state index < -0.39 is 0 Å². The molecule has 2 heterocycles. The molecule has 0 aliphatic carbocycles. The van der Waals surface area contributed by atoms with Crippen molar-refractivity contribution in [3.63, 3.8) is 0 Å². The minimum atomic E-state index is -0.317. The highest BCUT2D eigenvalue weighted by molar-refractivity contribution is 9.10. The van der Waals surface area contributed by atoms with Gasteiger partial charge < -0.3 is 10.7 Å². The van der Waals surface area contributed by atoms with Gasteiger partial charge in [0.15, 0.2) is 10.7 Å². The van der Waals surface area contributed by atoms with Crippen LogP contribution < -0.4 is 5.32 Å². The zero-order valence-electron chi connectivity index (χ0n) is 13.6. The van der Waals surface area contributed by atoms with Gasteiger partial charge in [0.1, 0.15) is 5.82 Å². The number of rotatable bonds is 7. The van der Waals surface area contributed by atoms with Crippen LogP contribution >= 0.6 is 27.7 Å². The highest BCUT2D eigenvalue weighted by Gasteiger charge is 2.17. The van der Waals surface area contributed by atoms with E-state index in [1.165, 1.54) is 6.07 Å². The number of aromatic nitrogens is 2. The molecule has 0 atom stereocenters. The van der Waals surface area contributed by atoms with Crippen LogP contribution in [-0.4, -0.2) is 59.4 Å². The summed E-state index contributed by atoms with van der Waals surface area (Å²) in [6.45, 7) is 5.13. The quantitative estimate of drug-likeness (QED) is 0.522. The fourth-order valence-corrected chi connectivity index (χ4v) is 3.96.